The zero-order chi connectivity index (χ0) is 20.6. The molecule has 1 N–H and O–H groups in total. The second-order valence-electron chi connectivity index (χ2n) is 6.63. The Morgan fingerprint density at radius 3 is 2.45 bits per heavy atom. The summed E-state index contributed by atoms with van der Waals surface area (Å²) < 4.78 is 1.75. The van der Waals surface area contributed by atoms with Crippen molar-refractivity contribution in [2.45, 2.75) is 26.8 Å². The van der Waals surface area contributed by atoms with Crippen LogP contribution in [0.2, 0.25) is 0 Å². The first-order valence-corrected chi connectivity index (χ1v) is 9.63. The summed E-state index contributed by atoms with van der Waals surface area (Å²) in [6, 6.07) is 15.1. The van der Waals surface area contributed by atoms with E-state index in [2.05, 4.69) is 40.2 Å². The monoisotopic (exact) mass is 388 g/mol. The molecule has 0 fully saturated rings. The Kier molecular flexibility index (Phi) is 6.59. The molecule has 0 aliphatic rings. The standard InChI is InChI=1S/C22H24N6O/c1-3-27(4-2)21-10-9-19(15-24-21)13-22(29)25-20-11-12-28(26-20)16-18-7-5-17(14-23)6-8-18/h5-12,15H,3-4,13,16H2,1-2H3,(H,25,26,29). The summed E-state index contributed by atoms with van der Waals surface area (Å²) in [5, 5.41) is 16.1. The van der Waals surface area contributed by atoms with Gasteiger partial charge in [0, 0.05) is 31.5 Å². The molecule has 0 radical (unpaired) electrons. The lowest BCUT2D eigenvalue weighted by Gasteiger charge is -2.19. The van der Waals surface area contributed by atoms with E-state index in [-0.39, 0.29) is 12.3 Å². The van der Waals surface area contributed by atoms with Gasteiger partial charge in [0.15, 0.2) is 5.82 Å². The van der Waals surface area contributed by atoms with E-state index < -0.39 is 0 Å². The molecule has 3 rings (SSSR count). The molecule has 0 aliphatic carbocycles. The minimum Gasteiger partial charge on any atom is -0.357 e. The van der Waals surface area contributed by atoms with Crippen LogP contribution in [0.15, 0.2) is 54.9 Å². The Balaban J connectivity index is 1.55. The average Bonchev–Trinajstić information content (AvgIpc) is 3.17. The van der Waals surface area contributed by atoms with Crippen LogP contribution < -0.4 is 10.2 Å². The molecular formula is C22H24N6O. The van der Waals surface area contributed by atoms with E-state index in [1.54, 1.807) is 29.1 Å². The van der Waals surface area contributed by atoms with Gasteiger partial charge in [-0.05, 0) is 43.2 Å². The first-order valence-electron chi connectivity index (χ1n) is 9.63. The summed E-state index contributed by atoms with van der Waals surface area (Å²) in [5.74, 6) is 1.29. The maximum atomic E-state index is 12.3. The summed E-state index contributed by atoms with van der Waals surface area (Å²) in [4.78, 5) is 18.9. The van der Waals surface area contributed by atoms with Crippen LogP contribution in [0.1, 0.15) is 30.5 Å². The quantitative estimate of drug-likeness (QED) is 0.640. The van der Waals surface area contributed by atoms with Crippen molar-refractivity contribution in [1.29, 1.82) is 5.26 Å². The Bertz CT molecular complexity index is 981. The highest BCUT2D eigenvalue weighted by atomic mass is 16.1. The van der Waals surface area contributed by atoms with Gasteiger partial charge in [-0.2, -0.15) is 10.4 Å². The van der Waals surface area contributed by atoms with Crippen molar-refractivity contribution in [2.24, 2.45) is 0 Å². The zero-order valence-electron chi connectivity index (χ0n) is 16.7. The molecule has 1 amide bonds. The molecule has 7 nitrogen and oxygen atoms in total. The summed E-state index contributed by atoms with van der Waals surface area (Å²) in [7, 11) is 0. The number of nitrogens with one attached hydrogen (secondary N) is 1. The number of carbonyl (C=O) groups excluding carboxylic acids is 1. The molecule has 0 atom stereocenters. The first-order chi connectivity index (χ1) is 14.1. The molecular weight excluding hydrogens is 364 g/mol. The van der Waals surface area contributed by atoms with Gasteiger partial charge in [-0.15, -0.1) is 0 Å². The van der Waals surface area contributed by atoms with Gasteiger partial charge < -0.3 is 10.2 Å². The molecule has 2 heterocycles. The van der Waals surface area contributed by atoms with Crippen molar-refractivity contribution in [1.82, 2.24) is 14.8 Å². The topological polar surface area (TPSA) is 86.8 Å². The molecule has 148 valence electrons. The second-order valence-corrected chi connectivity index (χ2v) is 6.63. The Morgan fingerprint density at radius 1 is 1.10 bits per heavy atom. The van der Waals surface area contributed by atoms with Gasteiger partial charge in [0.1, 0.15) is 5.82 Å². The van der Waals surface area contributed by atoms with Crippen LogP contribution in [-0.4, -0.2) is 33.8 Å². The fourth-order valence-corrected chi connectivity index (χ4v) is 3.02. The number of anilines is 2. The van der Waals surface area contributed by atoms with Gasteiger partial charge in [0.25, 0.3) is 0 Å². The summed E-state index contributed by atoms with van der Waals surface area (Å²) in [5.41, 5.74) is 2.52. The number of nitriles is 1. The third kappa shape index (κ3) is 5.42. The van der Waals surface area contributed by atoms with Gasteiger partial charge in [-0.25, -0.2) is 4.98 Å². The third-order valence-electron chi connectivity index (χ3n) is 4.60. The molecule has 7 heteroatoms. The van der Waals surface area contributed by atoms with Gasteiger partial charge in [0.05, 0.1) is 24.6 Å². The lowest BCUT2D eigenvalue weighted by molar-refractivity contribution is -0.115. The molecule has 0 unspecified atom stereocenters. The molecule has 3 aromatic rings. The van der Waals surface area contributed by atoms with E-state index in [1.165, 1.54) is 0 Å². The molecule has 29 heavy (non-hydrogen) atoms. The van der Waals surface area contributed by atoms with Gasteiger partial charge in [-0.3, -0.25) is 9.48 Å². The van der Waals surface area contributed by atoms with Crippen LogP contribution in [0.3, 0.4) is 0 Å². The van der Waals surface area contributed by atoms with E-state index >= 15 is 0 Å². The van der Waals surface area contributed by atoms with E-state index in [1.807, 2.05) is 30.5 Å². The van der Waals surface area contributed by atoms with Crippen LogP contribution >= 0.6 is 0 Å². The number of rotatable bonds is 8. The number of hydrogen-bond donors (Lipinski definition) is 1. The molecule has 0 aliphatic heterocycles. The second kappa shape index (κ2) is 9.51. The normalized spacial score (nSPS) is 10.4. The van der Waals surface area contributed by atoms with Crippen LogP contribution in [0.5, 0.6) is 0 Å². The fourth-order valence-electron chi connectivity index (χ4n) is 3.02. The third-order valence-corrected chi connectivity index (χ3v) is 4.60. The SMILES string of the molecule is CCN(CC)c1ccc(CC(=O)Nc2ccn(Cc3ccc(C#N)cc3)n2)cn1. The van der Waals surface area contributed by atoms with Gasteiger partial charge in [0.2, 0.25) is 5.91 Å². The van der Waals surface area contributed by atoms with Crippen LogP contribution in [0.4, 0.5) is 11.6 Å². The predicted octanol–water partition coefficient (Wildman–Crippen LogP) is 3.23. The Hall–Kier alpha value is -3.66. The maximum absolute atomic E-state index is 12.3. The fraction of sp³-hybridized carbons (Fsp3) is 0.273. The first kappa shape index (κ1) is 20.1. The van der Waals surface area contributed by atoms with E-state index in [4.69, 9.17) is 5.26 Å². The number of amides is 1. The minimum absolute atomic E-state index is 0.133. The number of nitrogens with zero attached hydrogens (tertiary/aromatic N) is 5. The Morgan fingerprint density at radius 2 is 1.83 bits per heavy atom. The molecule has 0 bridgehead atoms. The maximum Gasteiger partial charge on any atom is 0.230 e. The highest BCUT2D eigenvalue weighted by Gasteiger charge is 2.09. The van der Waals surface area contributed by atoms with Gasteiger partial charge >= 0.3 is 0 Å². The van der Waals surface area contributed by atoms with Gasteiger partial charge in [-0.1, -0.05) is 18.2 Å². The minimum atomic E-state index is -0.133. The average molecular weight is 388 g/mol. The molecule has 1 aromatic carbocycles. The molecule has 2 aromatic heterocycles. The van der Waals surface area contributed by atoms with Crippen molar-refractivity contribution in [2.75, 3.05) is 23.3 Å². The van der Waals surface area contributed by atoms with Crippen molar-refractivity contribution in [3.05, 3.63) is 71.5 Å². The summed E-state index contributed by atoms with van der Waals surface area (Å²) >= 11 is 0. The van der Waals surface area contributed by atoms with Crippen LogP contribution in [0, 0.1) is 11.3 Å². The van der Waals surface area contributed by atoms with Crippen molar-refractivity contribution in [3.63, 3.8) is 0 Å². The van der Waals surface area contributed by atoms with Crippen LogP contribution in [0.25, 0.3) is 0 Å². The number of benzene rings is 1. The van der Waals surface area contributed by atoms with Crippen LogP contribution in [-0.2, 0) is 17.8 Å². The van der Waals surface area contributed by atoms with E-state index in [0.29, 0.717) is 17.9 Å². The van der Waals surface area contributed by atoms with Crippen molar-refractivity contribution >= 4 is 17.5 Å². The predicted molar refractivity (Wildman–Crippen MR) is 113 cm³/mol. The molecule has 0 spiro atoms. The largest absolute Gasteiger partial charge is 0.357 e. The van der Waals surface area contributed by atoms with Crippen molar-refractivity contribution < 1.29 is 4.79 Å². The number of carbonyl (C=O) groups is 1. The zero-order valence-corrected chi connectivity index (χ0v) is 16.7. The molecule has 0 saturated heterocycles. The van der Waals surface area contributed by atoms with E-state index in [0.717, 1.165) is 30.0 Å². The van der Waals surface area contributed by atoms with E-state index in [9.17, 15) is 4.79 Å². The summed E-state index contributed by atoms with van der Waals surface area (Å²) in [6.45, 7) is 6.54. The smallest absolute Gasteiger partial charge is 0.230 e. The Labute approximate surface area is 170 Å². The lowest BCUT2D eigenvalue weighted by Crippen LogP contribution is -2.23. The number of aromatic nitrogens is 3. The highest BCUT2D eigenvalue weighted by Crippen LogP contribution is 2.12. The number of pyridine rings is 1. The molecule has 0 saturated carbocycles. The lowest BCUT2D eigenvalue weighted by atomic mass is 10.1. The number of hydrogen-bond acceptors (Lipinski definition) is 5. The highest BCUT2D eigenvalue weighted by molar-refractivity contribution is 5.91. The summed E-state index contributed by atoms with van der Waals surface area (Å²) in [6.07, 6.45) is 3.80. The van der Waals surface area contributed by atoms with Crippen molar-refractivity contribution in [3.8, 4) is 6.07 Å².